The van der Waals surface area contributed by atoms with Crippen molar-refractivity contribution in [2.75, 3.05) is 19.8 Å². The third kappa shape index (κ3) is 8.24. The van der Waals surface area contributed by atoms with Crippen molar-refractivity contribution < 1.29 is 19.0 Å². The molecule has 0 fully saturated rings. The van der Waals surface area contributed by atoms with Crippen molar-refractivity contribution in [3.63, 3.8) is 0 Å². The zero-order chi connectivity index (χ0) is 25.7. The van der Waals surface area contributed by atoms with Crippen LogP contribution in [0.25, 0.3) is 6.08 Å². The van der Waals surface area contributed by atoms with E-state index in [2.05, 4.69) is 15.4 Å². The van der Waals surface area contributed by atoms with E-state index in [9.17, 15) is 4.79 Å². The van der Waals surface area contributed by atoms with E-state index >= 15 is 0 Å². The molecule has 0 aliphatic carbocycles. The first-order valence-corrected chi connectivity index (χ1v) is 12.1. The quantitative estimate of drug-likeness (QED) is 0.216. The Morgan fingerprint density at radius 2 is 1.76 bits per heavy atom. The molecule has 0 spiro atoms. The van der Waals surface area contributed by atoms with Gasteiger partial charge in [-0.15, -0.1) is 0 Å². The minimum absolute atomic E-state index is 0.182. The van der Waals surface area contributed by atoms with Gasteiger partial charge in [0.15, 0.2) is 11.5 Å². The number of rotatable bonds is 13. The van der Waals surface area contributed by atoms with E-state index in [4.69, 9.17) is 14.2 Å². The number of amides is 1. The number of aromatic nitrogens is 3. The third-order valence-electron chi connectivity index (χ3n) is 5.32. The van der Waals surface area contributed by atoms with E-state index in [1.165, 1.54) is 12.4 Å². The number of carbonyl (C=O) groups is 1. The van der Waals surface area contributed by atoms with Crippen molar-refractivity contribution in [3.05, 3.63) is 108 Å². The Labute approximate surface area is 216 Å². The zero-order valence-corrected chi connectivity index (χ0v) is 20.7. The van der Waals surface area contributed by atoms with Gasteiger partial charge in [-0.05, 0) is 54.0 Å². The molecule has 0 radical (unpaired) electrons. The van der Waals surface area contributed by atoms with Crippen LogP contribution < -0.4 is 19.5 Å². The molecule has 0 unspecified atom stereocenters. The summed E-state index contributed by atoms with van der Waals surface area (Å²) >= 11 is 0. The van der Waals surface area contributed by atoms with Gasteiger partial charge < -0.3 is 19.5 Å². The molecule has 8 nitrogen and oxygen atoms in total. The van der Waals surface area contributed by atoms with Gasteiger partial charge in [0.05, 0.1) is 13.2 Å². The van der Waals surface area contributed by atoms with Crippen molar-refractivity contribution in [1.29, 1.82) is 0 Å². The number of hydrogen-bond acceptors (Lipinski definition) is 6. The Kier molecular flexibility index (Phi) is 9.29. The van der Waals surface area contributed by atoms with Crippen LogP contribution in [0.2, 0.25) is 0 Å². The molecule has 1 N–H and O–H groups in total. The van der Waals surface area contributed by atoms with Crippen LogP contribution in [-0.4, -0.2) is 40.5 Å². The van der Waals surface area contributed by atoms with Gasteiger partial charge in [-0.3, -0.25) is 4.79 Å². The molecule has 8 heteroatoms. The minimum Gasteiger partial charge on any atom is -0.490 e. The summed E-state index contributed by atoms with van der Waals surface area (Å²) in [6.07, 6.45) is 6.45. The van der Waals surface area contributed by atoms with Gasteiger partial charge in [0.25, 0.3) is 0 Å². The monoisotopic (exact) mass is 498 g/mol. The molecule has 0 aliphatic rings. The van der Waals surface area contributed by atoms with Crippen LogP contribution in [0.4, 0.5) is 0 Å². The zero-order valence-electron chi connectivity index (χ0n) is 20.7. The predicted octanol–water partition coefficient (Wildman–Crippen LogP) is 4.51. The van der Waals surface area contributed by atoms with E-state index in [0.717, 1.165) is 22.4 Å². The lowest BCUT2D eigenvalue weighted by Gasteiger charge is -2.13. The first-order chi connectivity index (χ1) is 18.2. The molecule has 0 saturated heterocycles. The van der Waals surface area contributed by atoms with Gasteiger partial charge >= 0.3 is 0 Å². The third-order valence-corrected chi connectivity index (χ3v) is 5.32. The van der Waals surface area contributed by atoms with E-state index < -0.39 is 0 Å². The van der Waals surface area contributed by atoms with Crippen LogP contribution in [0.15, 0.2) is 91.5 Å². The highest BCUT2D eigenvalue weighted by molar-refractivity contribution is 5.91. The molecule has 0 aliphatic heterocycles. The normalized spacial score (nSPS) is 10.8. The van der Waals surface area contributed by atoms with E-state index in [-0.39, 0.29) is 5.91 Å². The van der Waals surface area contributed by atoms with Gasteiger partial charge in [0.1, 0.15) is 31.6 Å². The lowest BCUT2D eigenvalue weighted by Crippen LogP contribution is -2.20. The first kappa shape index (κ1) is 25.5. The average molecular weight is 499 g/mol. The second-order valence-electron chi connectivity index (χ2n) is 8.11. The maximum atomic E-state index is 12.4. The average Bonchev–Trinajstić information content (AvgIpc) is 3.43. The van der Waals surface area contributed by atoms with Crippen LogP contribution in [0.3, 0.4) is 0 Å². The summed E-state index contributed by atoms with van der Waals surface area (Å²) in [7, 11) is 0. The number of nitrogens with one attached hydrogen (secondary N) is 1. The highest BCUT2D eigenvalue weighted by Crippen LogP contribution is 2.29. The smallest absolute Gasteiger partial charge is 0.244 e. The Bertz CT molecular complexity index is 1290. The van der Waals surface area contributed by atoms with Gasteiger partial charge in [-0.1, -0.05) is 48.5 Å². The summed E-state index contributed by atoms with van der Waals surface area (Å²) in [5.41, 5.74) is 2.93. The Hall–Kier alpha value is -4.59. The SMILES string of the molecule is CCOc1cc(C=CC(=O)NCc2cccc(Cn3cncn3)c2)ccc1OCCOc1ccccc1. The summed E-state index contributed by atoms with van der Waals surface area (Å²) in [5, 5.41) is 7.05. The van der Waals surface area contributed by atoms with Crippen molar-refractivity contribution in [3.8, 4) is 17.2 Å². The van der Waals surface area contributed by atoms with Gasteiger partial charge in [-0.25, -0.2) is 9.67 Å². The molecule has 0 atom stereocenters. The largest absolute Gasteiger partial charge is 0.490 e. The maximum Gasteiger partial charge on any atom is 0.244 e. The van der Waals surface area contributed by atoms with Gasteiger partial charge in [0.2, 0.25) is 5.91 Å². The van der Waals surface area contributed by atoms with Gasteiger partial charge in [0, 0.05) is 12.6 Å². The highest BCUT2D eigenvalue weighted by Gasteiger charge is 2.07. The fourth-order valence-electron chi connectivity index (χ4n) is 3.60. The molecule has 0 saturated carbocycles. The summed E-state index contributed by atoms with van der Waals surface area (Å²) in [4.78, 5) is 16.4. The predicted molar refractivity (Wildman–Crippen MR) is 141 cm³/mol. The van der Waals surface area contributed by atoms with Crippen LogP contribution in [0, 0.1) is 0 Å². The fourth-order valence-corrected chi connectivity index (χ4v) is 3.60. The summed E-state index contributed by atoms with van der Waals surface area (Å²) in [5.74, 6) is 1.87. The number of benzene rings is 3. The molecule has 0 bridgehead atoms. The first-order valence-electron chi connectivity index (χ1n) is 12.1. The Morgan fingerprint density at radius 1 is 0.919 bits per heavy atom. The standard InChI is InChI=1S/C29H30N4O4/c1-2-35-28-18-23(11-13-27(28)37-16-15-36-26-9-4-3-5-10-26)12-14-29(34)31-19-24-7-6-8-25(17-24)20-33-22-30-21-32-33/h3-14,17-18,21-22H,2,15-16,19-20H2,1H3,(H,31,34). The second kappa shape index (κ2) is 13.5. The fraction of sp³-hybridized carbons (Fsp3) is 0.207. The minimum atomic E-state index is -0.182. The van der Waals surface area contributed by atoms with Crippen LogP contribution in [-0.2, 0) is 17.9 Å². The van der Waals surface area contributed by atoms with Crippen molar-refractivity contribution >= 4 is 12.0 Å². The molecular formula is C29H30N4O4. The van der Waals surface area contributed by atoms with Crippen LogP contribution in [0.5, 0.6) is 17.2 Å². The van der Waals surface area contributed by atoms with Crippen LogP contribution >= 0.6 is 0 Å². The lowest BCUT2D eigenvalue weighted by atomic mass is 10.1. The van der Waals surface area contributed by atoms with Crippen molar-refractivity contribution in [2.45, 2.75) is 20.0 Å². The molecule has 1 heterocycles. The van der Waals surface area contributed by atoms with Crippen molar-refractivity contribution in [1.82, 2.24) is 20.1 Å². The molecule has 3 aromatic carbocycles. The molecule has 4 aromatic rings. The van der Waals surface area contributed by atoms with Crippen molar-refractivity contribution in [2.24, 2.45) is 0 Å². The number of carbonyl (C=O) groups excluding carboxylic acids is 1. The molecule has 190 valence electrons. The van der Waals surface area contributed by atoms with E-state index in [1.54, 1.807) is 17.1 Å². The molecule has 1 amide bonds. The molecule has 37 heavy (non-hydrogen) atoms. The maximum absolute atomic E-state index is 12.4. The van der Waals surface area contributed by atoms with Gasteiger partial charge in [-0.2, -0.15) is 5.10 Å². The van der Waals surface area contributed by atoms with E-state index in [0.29, 0.717) is 44.4 Å². The van der Waals surface area contributed by atoms with Crippen LogP contribution in [0.1, 0.15) is 23.6 Å². The summed E-state index contributed by atoms with van der Waals surface area (Å²) in [6.45, 7) is 4.27. The number of para-hydroxylation sites is 1. The second-order valence-corrected chi connectivity index (χ2v) is 8.11. The van der Waals surface area contributed by atoms with E-state index in [1.807, 2.05) is 79.7 Å². The highest BCUT2D eigenvalue weighted by atomic mass is 16.5. The Morgan fingerprint density at radius 3 is 2.57 bits per heavy atom. The molecular weight excluding hydrogens is 468 g/mol. The molecule has 1 aromatic heterocycles. The number of hydrogen-bond donors (Lipinski definition) is 1. The Balaban J connectivity index is 1.27. The number of ether oxygens (including phenoxy) is 3. The number of nitrogens with zero attached hydrogens (tertiary/aromatic N) is 3. The summed E-state index contributed by atoms with van der Waals surface area (Å²) < 4.78 is 19.0. The topological polar surface area (TPSA) is 87.5 Å². The lowest BCUT2D eigenvalue weighted by molar-refractivity contribution is -0.116. The summed E-state index contributed by atoms with van der Waals surface area (Å²) in [6, 6.07) is 23.2. The molecule has 4 rings (SSSR count).